The highest BCUT2D eigenvalue weighted by atomic mass is 32.2. The molecule has 0 spiro atoms. The molecular formula is C17H16N2O3S2. The van der Waals surface area contributed by atoms with Gasteiger partial charge in [0.25, 0.3) is 10.0 Å². The zero-order chi connectivity index (χ0) is 17.2. The Labute approximate surface area is 145 Å². The van der Waals surface area contributed by atoms with Crippen molar-refractivity contribution < 1.29 is 13.2 Å². The van der Waals surface area contributed by atoms with Gasteiger partial charge in [0.15, 0.2) is 5.03 Å². The minimum atomic E-state index is -3.76. The molecule has 0 aliphatic carbocycles. The number of pyridine rings is 1. The lowest BCUT2D eigenvalue weighted by Gasteiger charge is -2.12. The number of ether oxygens (including phenoxy) is 1. The SMILES string of the molecule is COc1ccc(S(=O)(=O)Nc2cc(-c3cccs3)ccc2C)nc1. The summed E-state index contributed by atoms with van der Waals surface area (Å²) in [7, 11) is -2.26. The van der Waals surface area contributed by atoms with Crippen LogP contribution in [0.15, 0.2) is 59.1 Å². The normalized spacial score (nSPS) is 11.2. The number of aromatic nitrogens is 1. The van der Waals surface area contributed by atoms with E-state index in [1.165, 1.54) is 19.4 Å². The van der Waals surface area contributed by atoms with E-state index in [4.69, 9.17) is 4.74 Å². The number of anilines is 1. The molecule has 0 radical (unpaired) electrons. The molecule has 0 aliphatic heterocycles. The third kappa shape index (κ3) is 3.42. The first-order valence-corrected chi connectivity index (χ1v) is 9.53. The molecule has 2 heterocycles. The van der Waals surface area contributed by atoms with E-state index in [1.54, 1.807) is 17.4 Å². The van der Waals surface area contributed by atoms with Crippen LogP contribution in [0.2, 0.25) is 0 Å². The van der Waals surface area contributed by atoms with Crippen LogP contribution in [0.3, 0.4) is 0 Å². The molecule has 0 aliphatic rings. The first-order valence-electron chi connectivity index (χ1n) is 7.17. The van der Waals surface area contributed by atoms with Crippen molar-refractivity contribution in [3.8, 4) is 16.2 Å². The van der Waals surface area contributed by atoms with Crippen molar-refractivity contribution in [2.75, 3.05) is 11.8 Å². The van der Waals surface area contributed by atoms with Gasteiger partial charge in [-0.25, -0.2) is 4.98 Å². The van der Waals surface area contributed by atoms with Crippen LogP contribution >= 0.6 is 11.3 Å². The van der Waals surface area contributed by atoms with E-state index in [0.717, 1.165) is 16.0 Å². The number of benzene rings is 1. The van der Waals surface area contributed by atoms with Gasteiger partial charge in [0.1, 0.15) is 5.75 Å². The number of nitrogens with zero attached hydrogens (tertiary/aromatic N) is 1. The van der Waals surface area contributed by atoms with E-state index in [1.807, 2.05) is 42.6 Å². The van der Waals surface area contributed by atoms with Crippen LogP contribution < -0.4 is 9.46 Å². The number of sulfonamides is 1. The summed E-state index contributed by atoms with van der Waals surface area (Å²) in [6, 6.07) is 12.7. The van der Waals surface area contributed by atoms with Crippen molar-refractivity contribution >= 4 is 27.0 Å². The van der Waals surface area contributed by atoms with Crippen molar-refractivity contribution in [2.45, 2.75) is 11.9 Å². The maximum absolute atomic E-state index is 12.5. The highest BCUT2D eigenvalue weighted by Crippen LogP contribution is 2.29. The summed E-state index contributed by atoms with van der Waals surface area (Å²) in [5.41, 5.74) is 2.35. The Bertz CT molecular complexity index is 934. The smallest absolute Gasteiger partial charge is 0.279 e. The zero-order valence-electron chi connectivity index (χ0n) is 13.2. The van der Waals surface area contributed by atoms with Gasteiger partial charge in [-0.3, -0.25) is 4.72 Å². The quantitative estimate of drug-likeness (QED) is 0.748. The first-order chi connectivity index (χ1) is 11.5. The summed E-state index contributed by atoms with van der Waals surface area (Å²) < 4.78 is 32.7. The maximum Gasteiger partial charge on any atom is 0.279 e. The minimum Gasteiger partial charge on any atom is -0.495 e. The molecule has 5 nitrogen and oxygen atoms in total. The van der Waals surface area contributed by atoms with Crippen LogP contribution in [0, 0.1) is 6.92 Å². The van der Waals surface area contributed by atoms with E-state index in [-0.39, 0.29) is 5.03 Å². The van der Waals surface area contributed by atoms with Gasteiger partial charge in [-0.1, -0.05) is 18.2 Å². The van der Waals surface area contributed by atoms with Crippen LogP contribution in [0.4, 0.5) is 5.69 Å². The van der Waals surface area contributed by atoms with Crippen LogP contribution in [0.5, 0.6) is 5.75 Å². The number of aryl methyl sites for hydroxylation is 1. The van der Waals surface area contributed by atoms with Crippen LogP contribution in [-0.2, 0) is 10.0 Å². The molecule has 0 amide bonds. The molecule has 0 unspecified atom stereocenters. The Kier molecular flexibility index (Phi) is 4.55. The Morgan fingerprint density at radius 1 is 1.17 bits per heavy atom. The van der Waals surface area contributed by atoms with Gasteiger partial charge in [0.05, 0.1) is 19.0 Å². The molecule has 0 atom stereocenters. The maximum atomic E-state index is 12.5. The number of hydrogen-bond donors (Lipinski definition) is 1. The lowest BCUT2D eigenvalue weighted by atomic mass is 10.1. The number of thiophene rings is 1. The molecule has 1 aromatic carbocycles. The van der Waals surface area contributed by atoms with Gasteiger partial charge in [0.2, 0.25) is 0 Å². The van der Waals surface area contributed by atoms with Gasteiger partial charge < -0.3 is 4.74 Å². The van der Waals surface area contributed by atoms with E-state index in [9.17, 15) is 8.42 Å². The Hall–Kier alpha value is -2.38. The lowest BCUT2D eigenvalue weighted by Crippen LogP contribution is -2.15. The topological polar surface area (TPSA) is 68.3 Å². The highest BCUT2D eigenvalue weighted by molar-refractivity contribution is 7.92. The molecule has 124 valence electrons. The lowest BCUT2D eigenvalue weighted by molar-refractivity contribution is 0.412. The predicted octanol–water partition coefficient (Wildman–Crippen LogP) is 3.93. The molecule has 0 saturated heterocycles. The standard InChI is InChI=1S/C17H16N2O3S2/c1-12-5-6-13(16-4-3-9-23-16)10-15(12)19-24(20,21)17-8-7-14(22-2)11-18-17/h3-11,19H,1-2H3. The second-order valence-electron chi connectivity index (χ2n) is 5.15. The Morgan fingerprint density at radius 2 is 2.00 bits per heavy atom. The average Bonchev–Trinajstić information content (AvgIpc) is 3.11. The molecule has 24 heavy (non-hydrogen) atoms. The minimum absolute atomic E-state index is 0.0516. The average molecular weight is 360 g/mol. The van der Waals surface area contributed by atoms with Crippen molar-refractivity contribution in [3.05, 3.63) is 59.6 Å². The van der Waals surface area contributed by atoms with Crippen LogP contribution in [0.25, 0.3) is 10.4 Å². The summed E-state index contributed by atoms with van der Waals surface area (Å²) in [6.07, 6.45) is 1.38. The summed E-state index contributed by atoms with van der Waals surface area (Å²) in [4.78, 5) is 5.03. The molecular weight excluding hydrogens is 344 g/mol. The fraction of sp³-hybridized carbons (Fsp3) is 0.118. The largest absolute Gasteiger partial charge is 0.495 e. The van der Waals surface area contributed by atoms with Gasteiger partial charge in [-0.05, 0) is 47.7 Å². The summed E-state index contributed by atoms with van der Waals surface area (Å²) in [6.45, 7) is 1.86. The Morgan fingerprint density at radius 3 is 2.62 bits per heavy atom. The fourth-order valence-corrected chi connectivity index (χ4v) is 3.95. The molecule has 1 N–H and O–H groups in total. The predicted molar refractivity (Wildman–Crippen MR) is 96.1 cm³/mol. The molecule has 7 heteroatoms. The first kappa shape index (κ1) is 16.5. The molecule has 3 rings (SSSR count). The molecule has 2 aromatic heterocycles. The third-order valence-electron chi connectivity index (χ3n) is 3.51. The summed E-state index contributed by atoms with van der Waals surface area (Å²) in [5.74, 6) is 0.504. The van der Waals surface area contributed by atoms with Crippen molar-refractivity contribution in [1.29, 1.82) is 0 Å². The number of hydrogen-bond acceptors (Lipinski definition) is 5. The van der Waals surface area contributed by atoms with Gasteiger partial charge in [0, 0.05) is 4.88 Å². The van der Waals surface area contributed by atoms with Crippen molar-refractivity contribution in [2.24, 2.45) is 0 Å². The van der Waals surface area contributed by atoms with Gasteiger partial charge in [-0.2, -0.15) is 8.42 Å². The number of nitrogens with one attached hydrogen (secondary N) is 1. The van der Waals surface area contributed by atoms with Gasteiger partial charge >= 0.3 is 0 Å². The van der Waals surface area contributed by atoms with Gasteiger partial charge in [-0.15, -0.1) is 11.3 Å². The van der Waals surface area contributed by atoms with E-state index in [0.29, 0.717) is 11.4 Å². The summed E-state index contributed by atoms with van der Waals surface area (Å²) >= 11 is 1.61. The van der Waals surface area contributed by atoms with Crippen LogP contribution in [0.1, 0.15) is 5.56 Å². The highest BCUT2D eigenvalue weighted by Gasteiger charge is 2.17. The molecule has 0 bridgehead atoms. The van der Waals surface area contributed by atoms with Crippen molar-refractivity contribution in [1.82, 2.24) is 4.98 Å². The van der Waals surface area contributed by atoms with Crippen molar-refractivity contribution in [3.63, 3.8) is 0 Å². The molecule has 3 aromatic rings. The monoisotopic (exact) mass is 360 g/mol. The fourth-order valence-electron chi connectivity index (χ4n) is 2.17. The van der Waals surface area contributed by atoms with E-state index < -0.39 is 10.0 Å². The molecule has 0 fully saturated rings. The van der Waals surface area contributed by atoms with Crippen LogP contribution in [-0.4, -0.2) is 20.5 Å². The second kappa shape index (κ2) is 6.62. The second-order valence-corrected chi connectivity index (χ2v) is 7.73. The Balaban J connectivity index is 1.93. The summed E-state index contributed by atoms with van der Waals surface area (Å²) in [5, 5.41) is 1.93. The number of methoxy groups -OCH3 is 1. The van der Waals surface area contributed by atoms with E-state index in [2.05, 4.69) is 9.71 Å². The zero-order valence-corrected chi connectivity index (χ0v) is 14.8. The number of rotatable bonds is 5. The molecule has 0 saturated carbocycles. The third-order valence-corrected chi connectivity index (χ3v) is 5.71. The van der Waals surface area contributed by atoms with E-state index >= 15 is 0 Å².